The summed E-state index contributed by atoms with van der Waals surface area (Å²) in [5, 5.41) is 2.70. The lowest BCUT2D eigenvalue weighted by molar-refractivity contribution is -0.119. The standard InChI is InChI=1S/C14H16BrNO3/c1-4-19-8-12(10(3)17)14(18)16-13-7-11(15)6-5-9(13)2/h5-8H,4H2,1-3H3,(H,16,18). The van der Waals surface area contributed by atoms with Crippen LogP contribution < -0.4 is 5.32 Å². The maximum absolute atomic E-state index is 12.0. The first kappa shape index (κ1) is 15.4. The Kier molecular flexibility index (Phi) is 5.76. The van der Waals surface area contributed by atoms with E-state index >= 15 is 0 Å². The van der Waals surface area contributed by atoms with Crippen molar-refractivity contribution in [2.24, 2.45) is 0 Å². The molecule has 1 aromatic rings. The number of hydrogen-bond acceptors (Lipinski definition) is 3. The van der Waals surface area contributed by atoms with Crippen molar-refractivity contribution in [3.63, 3.8) is 0 Å². The Hall–Kier alpha value is -1.62. The van der Waals surface area contributed by atoms with Crippen molar-refractivity contribution in [1.82, 2.24) is 0 Å². The van der Waals surface area contributed by atoms with E-state index in [4.69, 9.17) is 4.74 Å². The van der Waals surface area contributed by atoms with E-state index in [0.717, 1.165) is 10.0 Å². The van der Waals surface area contributed by atoms with Gasteiger partial charge in [0.15, 0.2) is 5.78 Å². The van der Waals surface area contributed by atoms with Crippen molar-refractivity contribution in [3.05, 3.63) is 40.1 Å². The predicted molar refractivity (Wildman–Crippen MR) is 77.9 cm³/mol. The zero-order valence-electron chi connectivity index (χ0n) is 11.1. The number of ketones is 1. The van der Waals surface area contributed by atoms with Crippen LogP contribution in [0.25, 0.3) is 0 Å². The maximum atomic E-state index is 12.0. The molecule has 102 valence electrons. The molecule has 0 aliphatic rings. The number of Topliss-reactive ketones (excluding diaryl/α,β-unsaturated/α-hetero) is 1. The molecule has 5 heteroatoms. The molecule has 1 rings (SSSR count). The molecule has 19 heavy (non-hydrogen) atoms. The van der Waals surface area contributed by atoms with Crippen LogP contribution in [0, 0.1) is 6.92 Å². The lowest BCUT2D eigenvalue weighted by Crippen LogP contribution is -2.20. The van der Waals surface area contributed by atoms with Gasteiger partial charge in [-0.15, -0.1) is 0 Å². The van der Waals surface area contributed by atoms with Crippen LogP contribution in [-0.4, -0.2) is 18.3 Å². The zero-order chi connectivity index (χ0) is 14.4. The van der Waals surface area contributed by atoms with Crippen molar-refractivity contribution in [1.29, 1.82) is 0 Å². The van der Waals surface area contributed by atoms with Gasteiger partial charge in [-0.25, -0.2) is 0 Å². The molecule has 0 aliphatic heterocycles. The second kappa shape index (κ2) is 7.09. The van der Waals surface area contributed by atoms with Gasteiger partial charge in [0.1, 0.15) is 5.57 Å². The lowest BCUT2D eigenvalue weighted by atomic mass is 10.1. The number of benzene rings is 1. The van der Waals surface area contributed by atoms with Crippen molar-refractivity contribution < 1.29 is 14.3 Å². The van der Waals surface area contributed by atoms with Gasteiger partial charge in [-0.1, -0.05) is 22.0 Å². The fourth-order valence-electron chi connectivity index (χ4n) is 1.38. The van der Waals surface area contributed by atoms with Crippen LogP contribution in [-0.2, 0) is 14.3 Å². The van der Waals surface area contributed by atoms with Crippen molar-refractivity contribution >= 4 is 33.3 Å². The van der Waals surface area contributed by atoms with Crippen molar-refractivity contribution in [3.8, 4) is 0 Å². The summed E-state index contributed by atoms with van der Waals surface area (Å²) in [5.74, 6) is -0.805. The minimum Gasteiger partial charge on any atom is -0.501 e. The van der Waals surface area contributed by atoms with E-state index in [2.05, 4.69) is 21.2 Å². The van der Waals surface area contributed by atoms with E-state index in [0.29, 0.717) is 12.3 Å². The Morgan fingerprint density at radius 3 is 2.68 bits per heavy atom. The third-order valence-electron chi connectivity index (χ3n) is 2.44. The Morgan fingerprint density at radius 1 is 1.42 bits per heavy atom. The Morgan fingerprint density at radius 2 is 2.11 bits per heavy atom. The summed E-state index contributed by atoms with van der Waals surface area (Å²) in [6, 6.07) is 5.54. The summed E-state index contributed by atoms with van der Waals surface area (Å²) in [5.41, 5.74) is 1.57. The highest BCUT2D eigenvalue weighted by atomic mass is 79.9. The van der Waals surface area contributed by atoms with Gasteiger partial charge in [0.2, 0.25) is 0 Å². The van der Waals surface area contributed by atoms with Gasteiger partial charge >= 0.3 is 0 Å². The van der Waals surface area contributed by atoms with Gasteiger partial charge in [0.05, 0.1) is 12.9 Å². The quantitative estimate of drug-likeness (QED) is 0.391. The molecule has 0 fully saturated rings. The first-order valence-electron chi connectivity index (χ1n) is 5.86. The monoisotopic (exact) mass is 325 g/mol. The Balaban J connectivity index is 2.93. The van der Waals surface area contributed by atoms with Crippen molar-refractivity contribution in [2.75, 3.05) is 11.9 Å². The fraction of sp³-hybridized carbons (Fsp3) is 0.286. The lowest BCUT2D eigenvalue weighted by Gasteiger charge is -2.10. The molecule has 0 unspecified atom stereocenters. The molecule has 0 atom stereocenters. The molecule has 0 aromatic heterocycles. The molecule has 1 aromatic carbocycles. The zero-order valence-corrected chi connectivity index (χ0v) is 12.7. The summed E-state index contributed by atoms with van der Waals surface area (Å²) in [7, 11) is 0. The van der Waals surface area contributed by atoms with Crippen LogP contribution in [0.1, 0.15) is 19.4 Å². The predicted octanol–water partition coefficient (Wildman–Crippen LogP) is 3.21. The van der Waals surface area contributed by atoms with E-state index in [-0.39, 0.29) is 11.4 Å². The van der Waals surface area contributed by atoms with E-state index in [9.17, 15) is 9.59 Å². The normalized spacial score (nSPS) is 11.1. The van der Waals surface area contributed by atoms with Crippen LogP contribution in [0.15, 0.2) is 34.5 Å². The summed E-state index contributed by atoms with van der Waals surface area (Å²) in [6.45, 7) is 5.39. The number of halogens is 1. The van der Waals surface area contributed by atoms with E-state index < -0.39 is 5.91 Å². The number of ether oxygens (including phenoxy) is 1. The molecule has 0 spiro atoms. The number of rotatable bonds is 5. The van der Waals surface area contributed by atoms with Gasteiger partial charge in [-0.3, -0.25) is 9.59 Å². The molecule has 0 heterocycles. The molecule has 0 radical (unpaired) electrons. The third-order valence-corrected chi connectivity index (χ3v) is 2.93. The van der Waals surface area contributed by atoms with Crippen LogP contribution in [0.2, 0.25) is 0 Å². The van der Waals surface area contributed by atoms with Crippen LogP contribution in [0.4, 0.5) is 5.69 Å². The number of hydrogen-bond donors (Lipinski definition) is 1. The Bertz CT molecular complexity index is 523. The molecular formula is C14H16BrNO3. The average molecular weight is 326 g/mol. The number of carbonyl (C=O) groups excluding carboxylic acids is 2. The van der Waals surface area contributed by atoms with Crippen LogP contribution in [0.3, 0.4) is 0 Å². The summed E-state index contributed by atoms with van der Waals surface area (Å²) in [6.07, 6.45) is 1.20. The second-order valence-electron chi connectivity index (χ2n) is 3.96. The average Bonchev–Trinajstić information content (AvgIpc) is 2.34. The number of carbonyl (C=O) groups is 2. The smallest absolute Gasteiger partial charge is 0.262 e. The second-order valence-corrected chi connectivity index (χ2v) is 4.87. The fourth-order valence-corrected chi connectivity index (χ4v) is 1.74. The van der Waals surface area contributed by atoms with E-state index in [1.807, 2.05) is 19.1 Å². The number of nitrogens with one attached hydrogen (secondary N) is 1. The van der Waals surface area contributed by atoms with E-state index in [1.54, 1.807) is 13.0 Å². The highest BCUT2D eigenvalue weighted by molar-refractivity contribution is 9.10. The molecule has 0 saturated carbocycles. The van der Waals surface area contributed by atoms with Gasteiger partial charge in [0, 0.05) is 10.2 Å². The van der Waals surface area contributed by atoms with Crippen molar-refractivity contribution in [2.45, 2.75) is 20.8 Å². The van der Waals surface area contributed by atoms with Gasteiger partial charge < -0.3 is 10.1 Å². The molecule has 1 N–H and O–H groups in total. The SMILES string of the molecule is CCOC=C(C(C)=O)C(=O)Nc1cc(Br)ccc1C. The number of aryl methyl sites for hydroxylation is 1. The molecule has 0 saturated heterocycles. The molecular weight excluding hydrogens is 310 g/mol. The highest BCUT2D eigenvalue weighted by Crippen LogP contribution is 2.21. The highest BCUT2D eigenvalue weighted by Gasteiger charge is 2.16. The first-order chi connectivity index (χ1) is 8.95. The molecule has 0 bridgehead atoms. The summed E-state index contributed by atoms with van der Waals surface area (Å²) < 4.78 is 5.87. The van der Waals surface area contributed by atoms with E-state index in [1.165, 1.54) is 13.2 Å². The maximum Gasteiger partial charge on any atom is 0.262 e. The van der Waals surface area contributed by atoms with Gasteiger partial charge in [-0.05, 0) is 38.5 Å². The van der Waals surface area contributed by atoms with Crippen LogP contribution in [0.5, 0.6) is 0 Å². The minimum atomic E-state index is -0.470. The van der Waals surface area contributed by atoms with Gasteiger partial charge in [-0.2, -0.15) is 0 Å². The molecule has 4 nitrogen and oxygen atoms in total. The molecule has 0 aliphatic carbocycles. The minimum absolute atomic E-state index is 0.00113. The number of anilines is 1. The summed E-state index contributed by atoms with van der Waals surface area (Å²) in [4.78, 5) is 23.4. The largest absolute Gasteiger partial charge is 0.501 e. The summed E-state index contributed by atoms with van der Waals surface area (Å²) >= 11 is 3.34. The third kappa shape index (κ3) is 4.52. The Labute approximate surface area is 121 Å². The number of amides is 1. The first-order valence-corrected chi connectivity index (χ1v) is 6.65. The van der Waals surface area contributed by atoms with Gasteiger partial charge in [0.25, 0.3) is 5.91 Å². The topological polar surface area (TPSA) is 55.4 Å². The molecule has 1 amide bonds. The van der Waals surface area contributed by atoms with Crippen LogP contribution >= 0.6 is 15.9 Å².